The molecule has 0 unspecified atom stereocenters. The summed E-state index contributed by atoms with van der Waals surface area (Å²) in [4.78, 5) is 18.2. The van der Waals surface area contributed by atoms with Gasteiger partial charge in [0.1, 0.15) is 5.70 Å². The second-order valence-corrected chi connectivity index (χ2v) is 5.82. The van der Waals surface area contributed by atoms with E-state index in [-0.39, 0.29) is 12.5 Å². The molecule has 1 aliphatic heterocycles. The Bertz CT molecular complexity index is 613. The first-order valence-electron chi connectivity index (χ1n) is 8.25. The van der Waals surface area contributed by atoms with Gasteiger partial charge in [-0.3, -0.25) is 14.7 Å². The Hall–Kier alpha value is -2.18. The first-order chi connectivity index (χ1) is 11.6. The molecule has 1 aromatic carbocycles. The molecule has 0 radical (unpaired) electrons. The summed E-state index contributed by atoms with van der Waals surface area (Å²) in [6, 6.07) is 8.40. The number of rotatable bonds is 7. The molecule has 1 atom stereocenters. The molecule has 0 spiro atoms. The minimum Gasteiger partial charge on any atom is -0.392 e. The van der Waals surface area contributed by atoms with Gasteiger partial charge in [0, 0.05) is 45.6 Å². The number of benzene rings is 1. The van der Waals surface area contributed by atoms with Crippen molar-refractivity contribution in [3.63, 3.8) is 0 Å². The quantitative estimate of drug-likeness (QED) is 0.507. The van der Waals surface area contributed by atoms with Crippen LogP contribution >= 0.6 is 0 Å². The van der Waals surface area contributed by atoms with Gasteiger partial charge in [-0.1, -0.05) is 24.3 Å². The Kier molecular flexibility index (Phi) is 6.96. The summed E-state index contributed by atoms with van der Waals surface area (Å²) in [5, 5.41) is 15.7. The lowest BCUT2D eigenvalue weighted by molar-refractivity contribution is -0.118. The third kappa shape index (κ3) is 5.18. The Morgan fingerprint density at radius 1 is 1.42 bits per heavy atom. The Labute approximate surface area is 143 Å². The Balaban J connectivity index is 1.80. The minimum atomic E-state index is -0.611. The number of nitrogens with zero attached hydrogens (tertiary/aromatic N) is 2. The molecule has 0 fully saturated rings. The summed E-state index contributed by atoms with van der Waals surface area (Å²) in [6.07, 6.45) is 3.48. The van der Waals surface area contributed by atoms with Crippen LogP contribution in [0.1, 0.15) is 18.1 Å². The van der Waals surface area contributed by atoms with Crippen molar-refractivity contribution in [2.45, 2.75) is 26.0 Å². The molecule has 0 aliphatic carbocycles. The molecule has 6 heteroatoms. The number of carbonyl (C=O) groups is 1. The van der Waals surface area contributed by atoms with E-state index in [9.17, 15) is 9.90 Å². The highest BCUT2D eigenvalue weighted by Crippen LogP contribution is 2.18. The fraction of sp³-hybridized carbons (Fsp3) is 0.444. The highest BCUT2D eigenvalue weighted by Gasteiger charge is 2.19. The van der Waals surface area contributed by atoms with Crippen LogP contribution in [0.2, 0.25) is 0 Å². The number of carbonyl (C=O) groups excluding carboxylic acids is 1. The third-order valence-electron chi connectivity index (χ3n) is 3.96. The van der Waals surface area contributed by atoms with Gasteiger partial charge in [0.15, 0.2) is 0 Å². The fourth-order valence-corrected chi connectivity index (χ4v) is 2.81. The lowest BCUT2D eigenvalue weighted by Gasteiger charge is -2.30. The van der Waals surface area contributed by atoms with Crippen molar-refractivity contribution in [3.8, 4) is 0 Å². The smallest absolute Gasteiger partial charge is 0.271 e. The summed E-state index contributed by atoms with van der Waals surface area (Å²) in [5.41, 5.74) is 2.99. The molecule has 1 heterocycles. The van der Waals surface area contributed by atoms with E-state index in [4.69, 9.17) is 0 Å². The second-order valence-electron chi connectivity index (χ2n) is 5.82. The van der Waals surface area contributed by atoms with Crippen LogP contribution in [-0.2, 0) is 17.8 Å². The number of nitrogens with one attached hydrogen (secondary N) is 2. The monoisotopic (exact) mass is 330 g/mol. The molecule has 0 bridgehead atoms. The van der Waals surface area contributed by atoms with E-state index in [2.05, 4.69) is 38.7 Å². The van der Waals surface area contributed by atoms with E-state index < -0.39 is 6.10 Å². The zero-order valence-corrected chi connectivity index (χ0v) is 14.3. The van der Waals surface area contributed by atoms with E-state index in [1.54, 1.807) is 20.2 Å². The van der Waals surface area contributed by atoms with Gasteiger partial charge in [0.05, 0.1) is 6.10 Å². The van der Waals surface area contributed by atoms with Gasteiger partial charge in [-0.05, 0) is 24.5 Å². The SMILES string of the molecule is CC=N/C(=C\NC)C(=O)NC[C@H](O)CN1CCc2ccccc2C1. The van der Waals surface area contributed by atoms with Gasteiger partial charge < -0.3 is 15.7 Å². The standard InChI is InChI=1S/C18H26N4O2/c1-3-20-17(11-19-2)18(24)21-10-16(23)13-22-9-8-14-6-4-5-7-15(14)12-22/h3-7,11,16,19,23H,8-10,12-13H2,1-2H3,(H,21,24)/b17-11-,20-3?/t16-/m0/s1. The summed E-state index contributed by atoms with van der Waals surface area (Å²) in [5.74, 6) is -0.300. The summed E-state index contributed by atoms with van der Waals surface area (Å²) < 4.78 is 0. The number of aliphatic imine (C=N–C) groups is 1. The zero-order valence-electron chi connectivity index (χ0n) is 14.3. The van der Waals surface area contributed by atoms with E-state index >= 15 is 0 Å². The second kappa shape index (κ2) is 9.20. The molecule has 24 heavy (non-hydrogen) atoms. The number of hydrogen-bond donors (Lipinski definition) is 3. The van der Waals surface area contributed by atoms with E-state index in [1.165, 1.54) is 17.3 Å². The fourth-order valence-electron chi connectivity index (χ4n) is 2.81. The minimum absolute atomic E-state index is 0.206. The van der Waals surface area contributed by atoms with Gasteiger partial charge >= 0.3 is 0 Å². The first kappa shape index (κ1) is 18.2. The topological polar surface area (TPSA) is 77.0 Å². The molecule has 1 aromatic rings. The van der Waals surface area contributed by atoms with Crippen molar-refractivity contribution in [1.82, 2.24) is 15.5 Å². The van der Waals surface area contributed by atoms with Gasteiger partial charge in [0.25, 0.3) is 5.91 Å². The lowest BCUT2D eigenvalue weighted by atomic mass is 10.00. The number of hydrogen-bond acceptors (Lipinski definition) is 5. The van der Waals surface area contributed by atoms with Gasteiger partial charge in [0.2, 0.25) is 0 Å². The summed E-state index contributed by atoms with van der Waals surface area (Å²) in [7, 11) is 1.71. The summed E-state index contributed by atoms with van der Waals surface area (Å²) in [6.45, 7) is 4.26. The lowest BCUT2D eigenvalue weighted by Crippen LogP contribution is -2.42. The van der Waals surface area contributed by atoms with Crippen LogP contribution in [0.4, 0.5) is 0 Å². The van der Waals surface area contributed by atoms with Crippen LogP contribution in [0.15, 0.2) is 41.2 Å². The first-order valence-corrected chi connectivity index (χ1v) is 8.25. The van der Waals surface area contributed by atoms with Crippen molar-refractivity contribution >= 4 is 12.1 Å². The number of β-amino-alcohol motifs (C(OH)–C–C–N with tert-alkyl or cyclic N) is 1. The van der Waals surface area contributed by atoms with E-state index in [0.717, 1.165) is 19.5 Å². The van der Waals surface area contributed by atoms with Crippen LogP contribution in [0.3, 0.4) is 0 Å². The van der Waals surface area contributed by atoms with Crippen molar-refractivity contribution < 1.29 is 9.90 Å². The Morgan fingerprint density at radius 3 is 2.88 bits per heavy atom. The van der Waals surface area contributed by atoms with Gasteiger partial charge in [-0.25, -0.2) is 0 Å². The molecule has 130 valence electrons. The molecular weight excluding hydrogens is 304 g/mol. The van der Waals surface area contributed by atoms with Crippen LogP contribution < -0.4 is 10.6 Å². The maximum atomic E-state index is 12.0. The van der Waals surface area contributed by atoms with E-state index in [1.807, 2.05) is 6.07 Å². The number of amides is 1. The predicted octanol–water partition coefficient (Wildman–Crippen LogP) is 0.673. The van der Waals surface area contributed by atoms with Crippen molar-refractivity contribution in [2.24, 2.45) is 4.99 Å². The van der Waals surface area contributed by atoms with Crippen LogP contribution in [0, 0.1) is 0 Å². The van der Waals surface area contributed by atoms with E-state index in [0.29, 0.717) is 12.2 Å². The van der Waals surface area contributed by atoms with Crippen LogP contribution in [0.5, 0.6) is 0 Å². The van der Waals surface area contributed by atoms with Crippen molar-refractivity contribution in [1.29, 1.82) is 0 Å². The summed E-state index contributed by atoms with van der Waals surface area (Å²) >= 11 is 0. The van der Waals surface area contributed by atoms with Gasteiger partial charge in [-0.2, -0.15) is 0 Å². The molecule has 0 saturated carbocycles. The molecule has 0 saturated heterocycles. The molecule has 1 amide bonds. The number of aliphatic hydroxyl groups is 1. The van der Waals surface area contributed by atoms with Crippen molar-refractivity contribution in [2.75, 3.05) is 26.7 Å². The Morgan fingerprint density at radius 2 is 2.17 bits per heavy atom. The van der Waals surface area contributed by atoms with Gasteiger partial charge in [-0.15, -0.1) is 0 Å². The zero-order chi connectivity index (χ0) is 17.4. The predicted molar refractivity (Wildman–Crippen MR) is 95.7 cm³/mol. The van der Waals surface area contributed by atoms with Crippen molar-refractivity contribution in [3.05, 3.63) is 47.3 Å². The maximum absolute atomic E-state index is 12.0. The molecule has 6 nitrogen and oxygen atoms in total. The molecule has 1 aliphatic rings. The highest BCUT2D eigenvalue weighted by atomic mass is 16.3. The highest BCUT2D eigenvalue weighted by molar-refractivity contribution is 5.94. The van der Waals surface area contributed by atoms with Crippen LogP contribution in [0.25, 0.3) is 0 Å². The largest absolute Gasteiger partial charge is 0.392 e. The number of fused-ring (bicyclic) bond motifs is 1. The third-order valence-corrected chi connectivity index (χ3v) is 3.96. The molecular formula is C18H26N4O2. The normalized spacial score (nSPS) is 16.7. The molecule has 2 rings (SSSR count). The average Bonchev–Trinajstić information content (AvgIpc) is 2.59. The number of aliphatic hydroxyl groups excluding tert-OH is 1. The average molecular weight is 330 g/mol. The maximum Gasteiger partial charge on any atom is 0.271 e. The molecule has 0 aromatic heterocycles. The van der Waals surface area contributed by atoms with Crippen LogP contribution in [-0.4, -0.2) is 54.9 Å². The molecule has 3 N–H and O–H groups in total.